The van der Waals surface area contributed by atoms with Crippen LogP contribution >= 0.6 is 0 Å². The first-order chi connectivity index (χ1) is 6.55. The third-order valence-corrected chi connectivity index (χ3v) is 3.86. The molecule has 2 fully saturated rings. The molecule has 0 aromatic carbocycles. The van der Waals surface area contributed by atoms with Crippen LogP contribution in [0.3, 0.4) is 0 Å². The molecule has 1 saturated carbocycles. The van der Waals surface area contributed by atoms with Crippen molar-refractivity contribution in [3.8, 4) is 0 Å². The Bertz CT molecular complexity index is 198. The second-order valence-corrected chi connectivity index (χ2v) is 6.17. The lowest BCUT2D eigenvalue weighted by molar-refractivity contribution is -0.0200. The quantitative estimate of drug-likeness (QED) is 0.746. The molecule has 2 nitrogen and oxygen atoms in total. The van der Waals surface area contributed by atoms with Gasteiger partial charge in [0.2, 0.25) is 0 Å². The topological polar surface area (TPSA) is 23.5 Å². The van der Waals surface area contributed by atoms with Gasteiger partial charge >= 0.3 is 0 Å². The molecule has 1 aliphatic carbocycles. The van der Waals surface area contributed by atoms with Gasteiger partial charge in [0.25, 0.3) is 0 Å². The minimum atomic E-state index is 0.260. The Hall–Kier alpha value is -0.0800. The van der Waals surface area contributed by atoms with E-state index in [1.54, 1.807) is 0 Å². The Kier molecular flexibility index (Phi) is 2.61. The molecule has 14 heavy (non-hydrogen) atoms. The molecule has 1 N–H and O–H groups in total. The highest BCUT2D eigenvalue weighted by atomic mass is 16.3. The molecule has 1 saturated heterocycles. The van der Waals surface area contributed by atoms with Gasteiger partial charge in [0.05, 0.1) is 0 Å². The van der Waals surface area contributed by atoms with Crippen molar-refractivity contribution in [1.82, 2.24) is 4.90 Å². The lowest BCUT2D eigenvalue weighted by Gasteiger charge is -2.49. The van der Waals surface area contributed by atoms with Crippen LogP contribution < -0.4 is 0 Å². The molecule has 1 heterocycles. The number of rotatable bonds is 3. The second kappa shape index (κ2) is 3.49. The first-order valence-corrected chi connectivity index (χ1v) is 5.89. The summed E-state index contributed by atoms with van der Waals surface area (Å²) in [6.45, 7) is 8.61. The number of likely N-dealkylation sites (tertiary alicyclic amines) is 1. The Balaban J connectivity index is 1.84. The van der Waals surface area contributed by atoms with E-state index < -0.39 is 0 Å². The average molecular weight is 197 g/mol. The molecule has 2 aliphatic rings. The van der Waals surface area contributed by atoms with Crippen LogP contribution in [-0.4, -0.2) is 36.2 Å². The van der Waals surface area contributed by atoms with Crippen LogP contribution in [0.25, 0.3) is 0 Å². The Morgan fingerprint density at radius 3 is 2.14 bits per heavy atom. The largest absolute Gasteiger partial charge is 0.396 e. The fraction of sp³-hybridized carbons (Fsp3) is 1.00. The standard InChI is InChI=1S/C12H23NO/c1-11(2)7-13(8-11)9-12(10-14)5-3-4-6-12/h14H,3-10H2,1-2H3. The summed E-state index contributed by atoms with van der Waals surface area (Å²) in [4.78, 5) is 2.52. The van der Waals surface area contributed by atoms with Gasteiger partial charge in [-0.2, -0.15) is 0 Å². The van der Waals surface area contributed by atoms with Gasteiger partial charge in [0.15, 0.2) is 0 Å². The van der Waals surface area contributed by atoms with Crippen molar-refractivity contribution >= 4 is 0 Å². The minimum Gasteiger partial charge on any atom is -0.396 e. The number of aliphatic hydroxyl groups excluding tert-OH is 1. The van der Waals surface area contributed by atoms with E-state index in [-0.39, 0.29) is 5.41 Å². The summed E-state index contributed by atoms with van der Waals surface area (Å²) in [6, 6.07) is 0. The molecule has 82 valence electrons. The van der Waals surface area contributed by atoms with E-state index in [1.807, 2.05) is 0 Å². The maximum absolute atomic E-state index is 9.49. The fourth-order valence-corrected chi connectivity index (χ4v) is 3.24. The smallest absolute Gasteiger partial charge is 0.0499 e. The van der Waals surface area contributed by atoms with Crippen LogP contribution in [0.5, 0.6) is 0 Å². The molecule has 0 bridgehead atoms. The third-order valence-electron chi connectivity index (χ3n) is 3.86. The lowest BCUT2D eigenvalue weighted by Crippen LogP contribution is -2.56. The summed E-state index contributed by atoms with van der Waals surface area (Å²) in [7, 11) is 0. The van der Waals surface area contributed by atoms with E-state index in [4.69, 9.17) is 0 Å². The van der Waals surface area contributed by atoms with Gasteiger partial charge in [-0.25, -0.2) is 0 Å². The predicted molar refractivity (Wildman–Crippen MR) is 58.2 cm³/mol. The second-order valence-electron chi connectivity index (χ2n) is 6.17. The van der Waals surface area contributed by atoms with Gasteiger partial charge in [-0.1, -0.05) is 26.7 Å². The molecule has 0 radical (unpaired) electrons. The number of nitrogens with zero attached hydrogens (tertiary/aromatic N) is 1. The highest BCUT2D eigenvalue weighted by Crippen LogP contribution is 2.41. The zero-order valence-electron chi connectivity index (χ0n) is 9.55. The zero-order chi connectivity index (χ0) is 10.2. The van der Waals surface area contributed by atoms with Crippen LogP contribution in [0.4, 0.5) is 0 Å². The lowest BCUT2D eigenvalue weighted by atomic mass is 9.80. The summed E-state index contributed by atoms with van der Waals surface area (Å²) in [5, 5.41) is 9.49. The Morgan fingerprint density at radius 1 is 1.14 bits per heavy atom. The Labute approximate surface area is 87.3 Å². The summed E-state index contributed by atoms with van der Waals surface area (Å²) in [5.74, 6) is 0. The normalized spacial score (nSPS) is 30.2. The van der Waals surface area contributed by atoms with Crippen molar-refractivity contribution in [3.63, 3.8) is 0 Å². The van der Waals surface area contributed by atoms with Gasteiger partial charge in [0, 0.05) is 31.7 Å². The third kappa shape index (κ3) is 1.96. The van der Waals surface area contributed by atoms with Crippen molar-refractivity contribution < 1.29 is 5.11 Å². The van der Waals surface area contributed by atoms with Crippen molar-refractivity contribution in [2.75, 3.05) is 26.2 Å². The molecule has 0 aromatic heterocycles. The molecule has 0 spiro atoms. The van der Waals surface area contributed by atoms with Crippen LogP contribution in [0.1, 0.15) is 39.5 Å². The summed E-state index contributed by atoms with van der Waals surface area (Å²) in [5.41, 5.74) is 0.783. The van der Waals surface area contributed by atoms with Crippen molar-refractivity contribution in [3.05, 3.63) is 0 Å². The molecule has 0 aromatic rings. The molecule has 0 unspecified atom stereocenters. The average Bonchev–Trinajstić information content (AvgIpc) is 2.51. The Morgan fingerprint density at radius 2 is 1.71 bits per heavy atom. The molecule has 0 atom stereocenters. The van der Waals surface area contributed by atoms with Gasteiger partial charge < -0.3 is 10.0 Å². The van der Waals surface area contributed by atoms with Crippen LogP contribution in [-0.2, 0) is 0 Å². The van der Waals surface area contributed by atoms with E-state index in [0.29, 0.717) is 12.0 Å². The molecule has 1 aliphatic heterocycles. The molecule has 2 heteroatoms. The molecular formula is C12H23NO. The first kappa shape index (κ1) is 10.4. The summed E-state index contributed by atoms with van der Waals surface area (Å²) >= 11 is 0. The van der Waals surface area contributed by atoms with Crippen LogP contribution in [0, 0.1) is 10.8 Å². The van der Waals surface area contributed by atoms with Crippen molar-refractivity contribution in [2.45, 2.75) is 39.5 Å². The van der Waals surface area contributed by atoms with Gasteiger partial charge in [-0.3, -0.25) is 0 Å². The highest BCUT2D eigenvalue weighted by molar-refractivity contribution is 4.94. The van der Waals surface area contributed by atoms with Crippen LogP contribution in [0.15, 0.2) is 0 Å². The number of aliphatic hydroxyl groups is 1. The van der Waals surface area contributed by atoms with E-state index in [0.717, 1.165) is 6.54 Å². The SMILES string of the molecule is CC1(C)CN(CC2(CO)CCCC2)C1. The van der Waals surface area contributed by atoms with Gasteiger partial charge in [-0.15, -0.1) is 0 Å². The maximum Gasteiger partial charge on any atom is 0.0499 e. The van der Waals surface area contributed by atoms with E-state index in [2.05, 4.69) is 18.7 Å². The van der Waals surface area contributed by atoms with Gasteiger partial charge in [-0.05, 0) is 18.3 Å². The van der Waals surface area contributed by atoms with Gasteiger partial charge in [0.1, 0.15) is 0 Å². The zero-order valence-corrected chi connectivity index (χ0v) is 9.55. The van der Waals surface area contributed by atoms with E-state index in [1.165, 1.54) is 38.8 Å². The number of hydrogen-bond donors (Lipinski definition) is 1. The number of hydrogen-bond acceptors (Lipinski definition) is 2. The maximum atomic E-state index is 9.49. The first-order valence-electron chi connectivity index (χ1n) is 5.89. The van der Waals surface area contributed by atoms with E-state index in [9.17, 15) is 5.11 Å². The summed E-state index contributed by atoms with van der Waals surface area (Å²) in [6.07, 6.45) is 5.11. The summed E-state index contributed by atoms with van der Waals surface area (Å²) < 4.78 is 0. The van der Waals surface area contributed by atoms with Crippen molar-refractivity contribution in [1.29, 1.82) is 0 Å². The molecular weight excluding hydrogens is 174 g/mol. The predicted octanol–water partition coefficient (Wildman–Crippen LogP) is 1.88. The van der Waals surface area contributed by atoms with E-state index >= 15 is 0 Å². The molecule has 0 amide bonds. The monoisotopic (exact) mass is 197 g/mol. The fourth-order valence-electron chi connectivity index (χ4n) is 3.24. The van der Waals surface area contributed by atoms with Crippen LogP contribution in [0.2, 0.25) is 0 Å². The van der Waals surface area contributed by atoms with Crippen molar-refractivity contribution in [2.24, 2.45) is 10.8 Å². The molecule has 2 rings (SSSR count). The highest BCUT2D eigenvalue weighted by Gasteiger charge is 2.41. The minimum absolute atomic E-state index is 0.260.